The average Bonchev–Trinajstić information content (AvgIpc) is 3.12. The molecule has 0 bridgehead atoms. The lowest BCUT2D eigenvalue weighted by Crippen LogP contribution is -2.23. The molecule has 11 heteroatoms. The van der Waals surface area contributed by atoms with Gasteiger partial charge in [-0.05, 0) is 38.1 Å². The van der Waals surface area contributed by atoms with Crippen LogP contribution >= 0.6 is 11.8 Å². The second-order valence-electron chi connectivity index (χ2n) is 5.96. The molecule has 1 atom stereocenters. The maximum atomic E-state index is 13.4. The fourth-order valence-corrected chi connectivity index (χ4v) is 3.47. The van der Waals surface area contributed by atoms with E-state index < -0.39 is 27.6 Å². The molecule has 2 aromatic heterocycles. The van der Waals surface area contributed by atoms with Gasteiger partial charge in [-0.2, -0.15) is 4.39 Å². The highest BCUT2D eigenvalue weighted by atomic mass is 32.2. The average molecular weight is 416 g/mol. The first-order valence-corrected chi connectivity index (χ1v) is 9.53. The van der Waals surface area contributed by atoms with Crippen LogP contribution in [0.25, 0.3) is 11.4 Å². The standard InChI is InChI=1S/C18H17FN6O3S/c1-3-24-16(12-6-8-20-9-7-12)22-23-18(24)29-11(2)17(26)21-13-4-5-14(19)15(10-13)25(27)28/h4-11H,3H2,1-2H3,(H,21,26). The van der Waals surface area contributed by atoms with Crippen LogP contribution in [0, 0.1) is 15.9 Å². The minimum absolute atomic E-state index is 0.144. The fourth-order valence-electron chi connectivity index (χ4n) is 2.56. The van der Waals surface area contributed by atoms with Gasteiger partial charge < -0.3 is 9.88 Å². The molecule has 0 spiro atoms. The van der Waals surface area contributed by atoms with Crippen molar-refractivity contribution >= 4 is 29.0 Å². The normalized spacial score (nSPS) is 11.8. The van der Waals surface area contributed by atoms with E-state index in [1.54, 1.807) is 19.3 Å². The molecule has 3 aromatic rings. The number of nitro benzene ring substituents is 1. The zero-order chi connectivity index (χ0) is 21.0. The van der Waals surface area contributed by atoms with Gasteiger partial charge in [-0.3, -0.25) is 19.9 Å². The molecule has 1 unspecified atom stereocenters. The molecule has 1 N–H and O–H groups in total. The Bertz CT molecular complexity index is 1040. The van der Waals surface area contributed by atoms with Gasteiger partial charge in [0.2, 0.25) is 11.7 Å². The van der Waals surface area contributed by atoms with Gasteiger partial charge in [-0.15, -0.1) is 10.2 Å². The van der Waals surface area contributed by atoms with Crippen molar-refractivity contribution in [2.24, 2.45) is 0 Å². The number of pyridine rings is 1. The molecule has 29 heavy (non-hydrogen) atoms. The van der Waals surface area contributed by atoms with E-state index in [9.17, 15) is 19.3 Å². The summed E-state index contributed by atoms with van der Waals surface area (Å²) in [6.07, 6.45) is 3.32. The lowest BCUT2D eigenvalue weighted by Gasteiger charge is -2.13. The summed E-state index contributed by atoms with van der Waals surface area (Å²) in [6, 6.07) is 6.85. The number of hydrogen-bond acceptors (Lipinski definition) is 7. The van der Waals surface area contributed by atoms with E-state index in [-0.39, 0.29) is 5.69 Å². The third-order valence-corrected chi connectivity index (χ3v) is 5.11. The van der Waals surface area contributed by atoms with Gasteiger partial charge in [-0.25, -0.2) is 0 Å². The Morgan fingerprint density at radius 1 is 1.31 bits per heavy atom. The highest BCUT2D eigenvalue weighted by Gasteiger charge is 2.22. The molecule has 2 heterocycles. The van der Waals surface area contributed by atoms with Gasteiger partial charge in [0.1, 0.15) is 0 Å². The number of amides is 1. The number of rotatable bonds is 7. The second-order valence-corrected chi connectivity index (χ2v) is 7.27. The van der Waals surface area contributed by atoms with E-state index in [1.165, 1.54) is 17.8 Å². The van der Waals surface area contributed by atoms with E-state index in [4.69, 9.17) is 0 Å². The molecule has 150 valence electrons. The third kappa shape index (κ3) is 4.57. The van der Waals surface area contributed by atoms with Crippen molar-refractivity contribution in [2.45, 2.75) is 30.8 Å². The summed E-state index contributed by atoms with van der Waals surface area (Å²) < 4.78 is 15.3. The molecule has 3 rings (SSSR count). The van der Waals surface area contributed by atoms with Crippen LogP contribution in [0.3, 0.4) is 0 Å². The molecule has 0 saturated heterocycles. The number of hydrogen-bond donors (Lipinski definition) is 1. The number of aromatic nitrogens is 4. The summed E-state index contributed by atoms with van der Waals surface area (Å²) >= 11 is 1.21. The fraction of sp³-hybridized carbons (Fsp3) is 0.222. The molecule has 1 amide bonds. The molecule has 1 aromatic carbocycles. The smallest absolute Gasteiger partial charge is 0.306 e. The van der Waals surface area contributed by atoms with Gasteiger partial charge in [0.15, 0.2) is 11.0 Å². The highest BCUT2D eigenvalue weighted by Crippen LogP contribution is 2.28. The predicted octanol–water partition coefficient (Wildman–Crippen LogP) is 3.53. The second kappa shape index (κ2) is 8.78. The molecule has 0 saturated carbocycles. The lowest BCUT2D eigenvalue weighted by atomic mass is 10.2. The SMILES string of the molecule is CCn1c(SC(C)C(=O)Nc2ccc(F)c([N+](=O)[O-])c2)nnc1-c1ccncc1. The molecule has 0 aliphatic rings. The summed E-state index contributed by atoms with van der Waals surface area (Å²) in [4.78, 5) is 26.5. The molecule has 0 aliphatic carbocycles. The molecule has 0 fully saturated rings. The van der Waals surface area contributed by atoms with Gasteiger partial charge in [0.25, 0.3) is 0 Å². The maximum absolute atomic E-state index is 13.4. The Hall–Kier alpha value is -3.34. The molecule has 0 aliphatic heterocycles. The minimum atomic E-state index is -0.963. The number of carbonyl (C=O) groups excluding carboxylic acids is 1. The van der Waals surface area contributed by atoms with Crippen LogP contribution in [0.15, 0.2) is 47.9 Å². The van der Waals surface area contributed by atoms with Crippen molar-refractivity contribution < 1.29 is 14.1 Å². The summed E-state index contributed by atoms with van der Waals surface area (Å²) in [6.45, 7) is 4.23. The Kier molecular flexibility index (Phi) is 6.17. The van der Waals surface area contributed by atoms with E-state index in [0.717, 1.165) is 17.7 Å². The van der Waals surface area contributed by atoms with E-state index in [2.05, 4.69) is 20.5 Å². The lowest BCUT2D eigenvalue weighted by molar-refractivity contribution is -0.387. The van der Waals surface area contributed by atoms with Crippen molar-refractivity contribution in [3.63, 3.8) is 0 Å². The van der Waals surface area contributed by atoms with E-state index in [1.807, 2.05) is 23.6 Å². The first-order chi connectivity index (χ1) is 13.9. The monoisotopic (exact) mass is 416 g/mol. The number of nitrogens with one attached hydrogen (secondary N) is 1. The van der Waals surface area contributed by atoms with E-state index >= 15 is 0 Å². The number of nitro groups is 1. The number of benzene rings is 1. The number of halogens is 1. The molecular formula is C18H17FN6O3S. The number of anilines is 1. The number of carbonyl (C=O) groups is 1. The zero-order valence-corrected chi connectivity index (χ0v) is 16.4. The highest BCUT2D eigenvalue weighted by molar-refractivity contribution is 8.00. The van der Waals surface area contributed by atoms with Crippen LogP contribution < -0.4 is 5.32 Å². The van der Waals surface area contributed by atoms with Crippen LogP contribution in [0.1, 0.15) is 13.8 Å². The van der Waals surface area contributed by atoms with Gasteiger partial charge in [-0.1, -0.05) is 11.8 Å². The Morgan fingerprint density at radius 3 is 2.69 bits per heavy atom. The van der Waals surface area contributed by atoms with Crippen molar-refractivity contribution in [1.29, 1.82) is 0 Å². The minimum Gasteiger partial charge on any atom is -0.325 e. The summed E-state index contributed by atoms with van der Waals surface area (Å²) in [5, 5.41) is 21.8. The van der Waals surface area contributed by atoms with Crippen LogP contribution in [-0.2, 0) is 11.3 Å². The van der Waals surface area contributed by atoms with Crippen LogP contribution in [0.4, 0.5) is 15.8 Å². The predicted molar refractivity (Wildman–Crippen MR) is 106 cm³/mol. The van der Waals surface area contributed by atoms with Gasteiger partial charge in [0, 0.05) is 36.3 Å². The van der Waals surface area contributed by atoms with Crippen LogP contribution in [-0.4, -0.2) is 35.8 Å². The van der Waals surface area contributed by atoms with E-state index in [0.29, 0.717) is 17.5 Å². The third-order valence-electron chi connectivity index (χ3n) is 4.03. The first-order valence-electron chi connectivity index (χ1n) is 8.65. The van der Waals surface area contributed by atoms with Gasteiger partial charge >= 0.3 is 5.69 Å². The maximum Gasteiger partial charge on any atom is 0.306 e. The quantitative estimate of drug-likeness (QED) is 0.356. The summed E-state index contributed by atoms with van der Waals surface area (Å²) in [5.41, 5.74) is 0.303. The van der Waals surface area contributed by atoms with Crippen molar-refractivity contribution in [1.82, 2.24) is 19.7 Å². The van der Waals surface area contributed by atoms with Crippen molar-refractivity contribution in [3.05, 3.63) is 58.7 Å². The first kappa shape index (κ1) is 20.4. The Balaban J connectivity index is 1.74. The Morgan fingerprint density at radius 2 is 2.03 bits per heavy atom. The van der Waals surface area contributed by atoms with Crippen LogP contribution in [0.2, 0.25) is 0 Å². The van der Waals surface area contributed by atoms with Gasteiger partial charge in [0.05, 0.1) is 10.2 Å². The zero-order valence-electron chi connectivity index (χ0n) is 15.6. The Labute approximate surface area is 169 Å². The van der Waals surface area contributed by atoms with Crippen molar-refractivity contribution in [3.8, 4) is 11.4 Å². The number of thioether (sulfide) groups is 1. The van der Waals surface area contributed by atoms with Crippen molar-refractivity contribution in [2.75, 3.05) is 5.32 Å². The molecule has 0 radical (unpaired) electrons. The largest absolute Gasteiger partial charge is 0.325 e. The summed E-state index contributed by atoms with van der Waals surface area (Å²) in [7, 11) is 0. The molecule has 9 nitrogen and oxygen atoms in total. The topological polar surface area (TPSA) is 116 Å². The summed E-state index contributed by atoms with van der Waals surface area (Å²) in [5.74, 6) is -0.693. The number of nitrogens with zero attached hydrogens (tertiary/aromatic N) is 5. The van der Waals surface area contributed by atoms with Crippen LogP contribution in [0.5, 0.6) is 0 Å². The molecular weight excluding hydrogens is 399 g/mol.